The van der Waals surface area contributed by atoms with Crippen LogP contribution in [0, 0.1) is 6.92 Å². The molecule has 0 spiro atoms. The Hall–Kier alpha value is -3.42. The summed E-state index contributed by atoms with van der Waals surface area (Å²) in [6.45, 7) is 12.6. The predicted molar refractivity (Wildman–Crippen MR) is 182 cm³/mol. The Labute approximate surface area is 270 Å². The van der Waals surface area contributed by atoms with Crippen LogP contribution in [0.3, 0.4) is 0 Å². The predicted octanol–water partition coefficient (Wildman–Crippen LogP) is 5.71. The lowest BCUT2D eigenvalue weighted by Crippen LogP contribution is -2.52. The van der Waals surface area contributed by atoms with E-state index in [2.05, 4.69) is 50.0 Å². The van der Waals surface area contributed by atoms with Gasteiger partial charge in [-0.25, -0.2) is 13.9 Å². The molecule has 4 heterocycles. The molecule has 2 aliphatic rings. The largest absolute Gasteiger partial charge is 0.494 e. The number of nitrogens with one attached hydrogen (secondary N) is 1. The first-order chi connectivity index (χ1) is 21.6. The molecule has 2 aliphatic heterocycles. The number of piperidine rings is 1. The van der Waals surface area contributed by atoms with E-state index >= 15 is 0 Å². The maximum atomic E-state index is 12.0. The molecule has 0 aliphatic carbocycles. The van der Waals surface area contributed by atoms with Crippen molar-refractivity contribution in [2.75, 3.05) is 63.6 Å². The molecular formula is C32H42ClN7O4S. The van der Waals surface area contributed by atoms with E-state index in [0.29, 0.717) is 39.6 Å². The number of piperazine rings is 1. The highest BCUT2D eigenvalue weighted by Crippen LogP contribution is 2.38. The number of nitrogens with zero attached hydrogens (tertiary/aromatic N) is 6. The van der Waals surface area contributed by atoms with E-state index < -0.39 is 10.3 Å². The lowest BCUT2D eigenvalue weighted by molar-refractivity contribution is 0.0982. The van der Waals surface area contributed by atoms with Crippen molar-refractivity contribution in [2.24, 2.45) is 0 Å². The fourth-order valence-electron chi connectivity index (χ4n) is 6.21. The quantitative estimate of drug-likeness (QED) is 0.240. The molecule has 45 heavy (non-hydrogen) atoms. The van der Waals surface area contributed by atoms with Crippen LogP contribution in [0.25, 0.3) is 22.2 Å². The standard InChI is InChI=1S/C30H36ClN7O4S.C2H6/c1-20-16-25(28(42-3)17-27(20)37-10-8-21(9-11-37)36-14-12-35(2)13-15-36)33-30-32-18-24(31)29(34-30)23-19-38(43(39,40)41)26-7-5-4-6-22(23)26;1-2/h4-7,16-19,21H,8-15H2,1-3H3,(H,32,33,34)(H,39,40,41);1-2H3. The third-order valence-corrected chi connectivity index (χ3v) is 9.63. The van der Waals surface area contributed by atoms with Gasteiger partial charge < -0.3 is 19.9 Å². The molecule has 4 aromatic rings. The highest BCUT2D eigenvalue weighted by molar-refractivity contribution is 7.84. The zero-order chi connectivity index (χ0) is 32.3. The van der Waals surface area contributed by atoms with Crippen LogP contribution in [0.5, 0.6) is 5.75 Å². The summed E-state index contributed by atoms with van der Waals surface area (Å²) in [5.41, 5.74) is 4.03. The number of fused-ring (bicyclic) bond motifs is 1. The van der Waals surface area contributed by atoms with Crippen LogP contribution >= 0.6 is 11.6 Å². The van der Waals surface area contributed by atoms with Gasteiger partial charge in [0, 0.05) is 74.2 Å². The molecule has 11 nitrogen and oxygen atoms in total. The molecule has 2 N–H and O–H groups in total. The number of para-hydroxylation sites is 1. The van der Waals surface area contributed by atoms with Crippen molar-refractivity contribution in [2.45, 2.75) is 39.7 Å². The van der Waals surface area contributed by atoms with E-state index in [1.54, 1.807) is 31.4 Å². The number of halogens is 1. The van der Waals surface area contributed by atoms with Gasteiger partial charge in [-0.1, -0.05) is 43.6 Å². The van der Waals surface area contributed by atoms with E-state index in [4.69, 9.17) is 16.3 Å². The van der Waals surface area contributed by atoms with E-state index in [-0.39, 0.29) is 11.0 Å². The smallest absolute Gasteiger partial charge is 0.363 e. The number of rotatable bonds is 7. The van der Waals surface area contributed by atoms with E-state index in [0.717, 1.165) is 67.3 Å². The third kappa shape index (κ3) is 7.05. The molecule has 0 radical (unpaired) electrons. The summed E-state index contributed by atoms with van der Waals surface area (Å²) < 4.78 is 40.5. The SMILES string of the molecule is CC.COc1cc(N2CCC(N3CCN(C)CC3)CC2)c(C)cc1Nc1ncc(Cl)c(-c2cn(S(=O)(=O)O)c3ccccc23)n1. The molecule has 0 unspecified atom stereocenters. The second kappa shape index (κ2) is 13.9. The van der Waals surface area contributed by atoms with Crippen LogP contribution < -0.4 is 15.0 Å². The van der Waals surface area contributed by atoms with Gasteiger partial charge >= 0.3 is 10.3 Å². The normalized spacial score (nSPS) is 16.8. The molecule has 0 amide bonds. The minimum Gasteiger partial charge on any atom is -0.494 e. The fraction of sp³-hybridized carbons (Fsp3) is 0.438. The molecule has 2 fully saturated rings. The summed E-state index contributed by atoms with van der Waals surface area (Å²) in [4.78, 5) is 16.5. The van der Waals surface area contributed by atoms with Gasteiger partial charge in [-0.15, -0.1) is 0 Å². The summed E-state index contributed by atoms with van der Waals surface area (Å²) in [5, 5.41) is 4.07. The Bertz CT molecular complexity index is 1750. The van der Waals surface area contributed by atoms with E-state index in [1.165, 1.54) is 12.4 Å². The van der Waals surface area contributed by atoms with Crippen LogP contribution in [0.4, 0.5) is 17.3 Å². The summed E-state index contributed by atoms with van der Waals surface area (Å²) in [6.07, 6.45) is 5.05. The minimum absolute atomic E-state index is 0.238. The average Bonchev–Trinajstić information content (AvgIpc) is 3.44. The molecule has 0 atom stereocenters. The molecule has 13 heteroatoms. The van der Waals surface area contributed by atoms with Crippen molar-refractivity contribution >= 4 is 50.1 Å². The zero-order valence-electron chi connectivity index (χ0n) is 26.5. The molecular weight excluding hydrogens is 614 g/mol. The number of aromatic nitrogens is 3. The van der Waals surface area contributed by atoms with Gasteiger partial charge in [-0.05, 0) is 44.5 Å². The van der Waals surface area contributed by atoms with Crippen LogP contribution in [0.2, 0.25) is 5.02 Å². The molecule has 2 aromatic heterocycles. The maximum Gasteiger partial charge on any atom is 0.363 e. The maximum absolute atomic E-state index is 12.0. The van der Waals surface area contributed by atoms with Crippen molar-refractivity contribution in [1.82, 2.24) is 23.7 Å². The number of benzene rings is 2. The van der Waals surface area contributed by atoms with E-state index in [9.17, 15) is 13.0 Å². The third-order valence-electron chi connectivity index (χ3n) is 8.55. The van der Waals surface area contributed by atoms with Crippen molar-refractivity contribution in [3.63, 3.8) is 0 Å². The van der Waals surface area contributed by atoms with Crippen molar-refractivity contribution in [3.05, 3.63) is 59.4 Å². The first-order valence-corrected chi connectivity index (χ1v) is 17.1. The van der Waals surface area contributed by atoms with Gasteiger partial charge in [0.05, 0.1) is 35.2 Å². The molecule has 2 aromatic carbocycles. The Morgan fingerprint density at radius 3 is 2.40 bits per heavy atom. The molecule has 6 rings (SSSR count). The Morgan fingerprint density at radius 2 is 1.73 bits per heavy atom. The summed E-state index contributed by atoms with van der Waals surface area (Å²) >= 11 is 6.51. The van der Waals surface area contributed by atoms with Gasteiger partial charge in [0.25, 0.3) is 0 Å². The van der Waals surface area contributed by atoms with Crippen LogP contribution in [0.15, 0.2) is 48.8 Å². The van der Waals surface area contributed by atoms with Gasteiger partial charge in [0.1, 0.15) is 5.75 Å². The molecule has 2 saturated heterocycles. The number of likely N-dealkylation sites (N-methyl/N-ethyl adjacent to an activating group) is 1. The number of hydrogen-bond acceptors (Lipinski definition) is 9. The van der Waals surface area contributed by atoms with Crippen molar-refractivity contribution < 1.29 is 17.7 Å². The van der Waals surface area contributed by atoms with Gasteiger partial charge in [0.15, 0.2) is 0 Å². The van der Waals surface area contributed by atoms with Crippen molar-refractivity contribution in [1.29, 1.82) is 0 Å². The lowest BCUT2D eigenvalue weighted by Gasteiger charge is -2.43. The first kappa shape index (κ1) is 33.0. The van der Waals surface area contributed by atoms with Gasteiger partial charge in [-0.2, -0.15) is 8.42 Å². The van der Waals surface area contributed by atoms with Gasteiger partial charge in [0.2, 0.25) is 5.95 Å². The van der Waals surface area contributed by atoms with E-state index in [1.807, 2.05) is 19.9 Å². The Morgan fingerprint density at radius 1 is 1.04 bits per heavy atom. The molecule has 242 valence electrons. The number of methoxy groups -OCH3 is 1. The highest BCUT2D eigenvalue weighted by atomic mass is 35.5. The number of hydrogen-bond donors (Lipinski definition) is 2. The van der Waals surface area contributed by atoms with Crippen LogP contribution in [-0.2, 0) is 10.3 Å². The Kier molecular flexibility index (Phi) is 10.2. The number of anilines is 3. The molecule has 0 bridgehead atoms. The summed E-state index contributed by atoms with van der Waals surface area (Å²) in [6, 6.07) is 11.5. The van der Waals surface area contributed by atoms with Crippen LogP contribution in [-0.4, -0.2) is 96.2 Å². The topological polar surface area (TPSA) is 116 Å². The number of aryl methyl sites for hydroxylation is 1. The van der Waals surface area contributed by atoms with Crippen LogP contribution in [0.1, 0.15) is 32.3 Å². The minimum atomic E-state index is -4.54. The summed E-state index contributed by atoms with van der Waals surface area (Å²) in [5.74, 6) is 0.923. The highest BCUT2D eigenvalue weighted by Gasteiger charge is 2.28. The first-order valence-electron chi connectivity index (χ1n) is 15.4. The van der Waals surface area contributed by atoms with Crippen molar-refractivity contribution in [3.8, 4) is 17.0 Å². The summed E-state index contributed by atoms with van der Waals surface area (Å²) in [7, 11) is -0.707. The molecule has 0 saturated carbocycles. The lowest BCUT2D eigenvalue weighted by atomic mass is 10.0. The van der Waals surface area contributed by atoms with Gasteiger partial charge in [-0.3, -0.25) is 9.45 Å². The number of ether oxygens (including phenoxy) is 1. The zero-order valence-corrected chi connectivity index (χ0v) is 28.1. The second-order valence-corrected chi connectivity index (χ2v) is 12.9. The second-order valence-electron chi connectivity index (χ2n) is 11.2. The Balaban J connectivity index is 0.00000196. The monoisotopic (exact) mass is 655 g/mol. The fourth-order valence-corrected chi connectivity index (χ4v) is 7.05. The average molecular weight is 656 g/mol.